The lowest BCUT2D eigenvalue weighted by Gasteiger charge is -2.27. The maximum atomic E-state index is 11.8. The van der Waals surface area contributed by atoms with Crippen LogP contribution in [0.3, 0.4) is 0 Å². The molecule has 0 bridgehead atoms. The van der Waals surface area contributed by atoms with Crippen LogP contribution in [0.1, 0.15) is 31.9 Å². The van der Waals surface area contributed by atoms with Gasteiger partial charge in [0.2, 0.25) is 0 Å². The quantitative estimate of drug-likeness (QED) is 0.531. The third-order valence-corrected chi connectivity index (χ3v) is 6.12. The summed E-state index contributed by atoms with van der Waals surface area (Å²) in [5, 5.41) is 11.2. The number of H-pyrrole nitrogens is 1. The lowest BCUT2D eigenvalue weighted by Crippen LogP contribution is -2.30. The first-order chi connectivity index (χ1) is 15.2. The highest BCUT2D eigenvalue weighted by atomic mass is 32.1. The Bertz CT molecular complexity index is 1020. The van der Waals surface area contributed by atoms with Gasteiger partial charge in [-0.25, -0.2) is 9.78 Å². The monoisotopic (exact) mass is 438 g/mol. The first kappa shape index (κ1) is 21.0. The Morgan fingerprint density at radius 1 is 1.35 bits per heavy atom. The topological polar surface area (TPSA) is 96.0 Å². The largest absolute Gasteiger partial charge is 0.445 e. The zero-order chi connectivity index (χ0) is 21.5. The van der Waals surface area contributed by atoms with E-state index < -0.39 is 6.09 Å². The lowest BCUT2D eigenvalue weighted by atomic mass is 10.1. The van der Waals surface area contributed by atoms with Gasteiger partial charge in [0.25, 0.3) is 0 Å². The van der Waals surface area contributed by atoms with Crippen LogP contribution in [0.4, 0.5) is 10.6 Å². The summed E-state index contributed by atoms with van der Waals surface area (Å²) >= 11 is 1.62. The molecule has 3 aromatic heterocycles. The maximum Gasteiger partial charge on any atom is 0.407 e. The van der Waals surface area contributed by atoms with Crippen molar-refractivity contribution < 1.29 is 9.53 Å². The van der Waals surface area contributed by atoms with E-state index in [-0.39, 0.29) is 6.61 Å². The molecule has 31 heavy (non-hydrogen) atoms. The summed E-state index contributed by atoms with van der Waals surface area (Å²) in [5.74, 6) is 0.973. The fourth-order valence-electron chi connectivity index (χ4n) is 3.42. The lowest BCUT2D eigenvalue weighted by molar-refractivity contribution is 0.157. The zero-order valence-electron chi connectivity index (χ0n) is 17.5. The van der Waals surface area contributed by atoms with Gasteiger partial charge in [-0.3, -0.25) is 10.1 Å². The van der Waals surface area contributed by atoms with Crippen molar-refractivity contribution in [3.8, 4) is 21.1 Å². The number of piperidine rings is 1. The van der Waals surface area contributed by atoms with E-state index in [0.717, 1.165) is 45.7 Å². The van der Waals surface area contributed by atoms with E-state index in [1.165, 1.54) is 19.3 Å². The standard InChI is InChI=1S/C22H26N6O2S/c1-2-3-12-30-22(29)24-15-17-13-18(27-26-17)19-20(28-10-5-4-6-11-28)25-21(31-19)16-8-7-9-23-14-16/h2-3,7-9,13-14H,4-6,10-12,15H2,1H3,(H,24,29)(H,26,27)/b3-2+. The molecular formula is C22H26N6O2S. The summed E-state index contributed by atoms with van der Waals surface area (Å²) in [5.41, 5.74) is 2.63. The molecule has 0 aromatic carbocycles. The smallest absolute Gasteiger partial charge is 0.407 e. The number of hydrogen-bond donors (Lipinski definition) is 2. The van der Waals surface area contributed by atoms with Gasteiger partial charge in [0.05, 0.1) is 17.1 Å². The number of carbonyl (C=O) groups is 1. The Labute approximate surface area is 185 Å². The minimum atomic E-state index is -0.458. The van der Waals surface area contributed by atoms with Gasteiger partial charge in [-0.2, -0.15) is 5.10 Å². The Morgan fingerprint density at radius 3 is 3.00 bits per heavy atom. The summed E-state index contributed by atoms with van der Waals surface area (Å²) < 4.78 is 5.05. The minimum Gasteiger partial charge on any atom is -0.445 e. The molecule has 1 aliphatic heterocycles. The number of nitrogens with zero attached hydrogens (tertiary/aromatic N) is 4. The van der Waals surface area contributed by atoms with E-state index in [4.69, 9.17) is 9.72 Å². The van der Waals surface area contributed by atoms with Crippen LogP contribution in [0, 0.1) is 0 Å². The molecule has 0 radical (unpaired) electrons. The average Bonchev–Trinajstić information content (AvgIpc) is 3.46. The number of allylic oxidation sites excluding steroid dienone is 1. The third kappa shape index (κ3) is 5.29. The first-order valence-electron chi connectivity index (χ1n) is 10.5. The summed E-state index contributed by atoms with van der Waals surface area (Å²) in [6, 6.07) is 5.90. The Balaban J connectivity index is 1.54. The SMILES string of the molecule is C/C=C/COC(=O)NCc1cc(-c2sc(-c3cccnc3)nc2N2CCCCC2)n[nH]1. The van der Waals surface area contributed by atoms with Crippen molar-refractivity contribution in [2.45, 2.75) is 32.7 Å². The number of alkyl carbamates (subject to hydrolysis) is 1. The number of carbonyl (C=O) groups excluding carboxylic acids is 1. The highest BCUT2D eigenvalue weighted by Gasteiger charge is 2.23. The highest BCUT2D eigenvalue weighted by Crippen LogP contribution is 2.40. The van der Waals surface area contributed by atoms with Gasteiger partial charge in [0.1, 0.15) is 23.1 Å². The molecule has 1 amide bonds. The Kier molecular flexibility index (Phi) is 6.93. The molecule has 0 spiro atoms. The van der Waals surface area contributed by atoms with Gasteiger partial charge in [-0.1, -0.05) is 12.2 Å². The molecule has 8 nitrogen and oxygen atoms in total. The molecule has 2 N–H and O–H groups in total. The second kappa shape index (κ2) is 10.2. The number of hydrogen-bond acceptors (Lipinski definition) is 7. The second-order valence-electron chi connectivity index (χ2n) is 7.26. The van der Waals surface area contributed by atoms with E-state index >= 15 is 0 Å². The van der Waals surface area contributed by atoms with Gasteiger partial charge < -0.3 is 15.0 Å². The Morgan fingerprint density at radius 2 is 2.23 bits per heavy atom. The van der Waals surface area contributed by atoms with E-state index in [9.17, 15) is 4.79 Å². The first-order valence-corrected chi connectivity index (χ1v) is 11.3. The molecule has 1 fully saturated rings. The number of aromatic amines is 1. The van der Waals surface area contributed by atoms with E-state index in [2.05, 4.69) is 25.4 Å². The normalized spacial score (nSPS) is 14.2. The molecule has 0 saturated carbocycles. The van der Waals surface area contributed by atoms with Gasteiger partial charge in [-0.15, -0.1) is 11.3 Å². The average molecular weight is 439 g/mol. The van der Waals surface area contributed by atoms with Crippen molar-refractivity contribution >= 4 is 23.2 Å². The second-order valence-corrected chi connectivity index (χ2v) is 8.26. The van der Waals surface area contributed by atoms with Crippen LogP contribution >= 0.6 is 11.3 Å². The van der Waals surface area contributed by atoms with Crippen molar-refractivity contribution in [1.82, 2.24) is 25.5 Å². The highest BCUT2D eigenvalue weighted by molar-refractivity contribution is 7.19. The number of rotatable bonds is 7. The summed E-state index contributed by atoms with van der Waals surface area (Å²) in [6.45, 7) is 4.45. The maximum absolute atomic E-state index is 11.8. The molecular weight excluding hydrogens is 412 g/mol. The van der Waals surface area contributed by atoms with Gasteiger partial charge in [-0.05, 0) is 44.4 Å². The molecule has 1 aliphatic rings. The summed E-state index contributed by atoms with van der Waals surface area (Å²) in [7, 11) is 0. The van der Waals surface area contributed by atoms with Crippen molar-refractivity contribution in [3.63, 3.8) is 0 Å². The van der Waals surface area contributed by atoms with Gasteiger partial charge in [0, 0.05) is 31.0 Å². The number of aromatic nitrogens is 4. The molecule has 162 valence electrons. The molecule has 3 aromatic rings. The van der Waals surface area contributed by atoms with Crippen molar-refractivity contribution in [1.29, 1.82) is 0 Å². The number of ether oxygens (including phenoxy) is 1. The summed E-state index contributed by atoms with van der Waals surface area (Å²) in [4.78, 5) is 24.3. The number of pyridine rings is 1. The molecule has 4 rings (SSSR count). The van der Waals surface area contributed by atoms with Crippen LogP contribution < -0.4 is 10.2 Å². The number of nitrogens with one attached hydrogen (secondary N) is 2. The predicted molar refractivity (Wildman–Crippen MR) is 122 cm³/mol. The van der Waals surface area contributed by atoms with E-state index in [1.807, 2.05) is 37.4 Å². The third-order valence-electron chi connectivity index (χ3n) is 5.01. The van der Waals surface area contributed by atoms with Crippen LogP contribution in [0.2, 0.25) is 0 Å². The number of amides is 1. The van der Waals surface area contributed by atoms with Gasteiger partial charge >= 0.3 is 6.09 Å². The molecule has 4 heterocycles. The number of thiazole rings is 1. The number of anilines is 1. The molecule has 9 heteroatoms. The minimum absolute atomic E-state index is 0.258. The van der Waals surface area contributed by atoms with Crippen LogP contribution in [-0.4, -0.2) is 46.0 Å². The van der Waals surface area contributed by atoms with Crippen molar-refractivity contribution in [2.24, 2.45) is 0 Å². The molecule has 0 atom stereocenters. The Hall–Kier alpha value is -3.20. The van der Waals surface area contributed by atoms with Crippen LogP contribution in [0.15, 0.2) is 42.7 Å². The van der Waals surface area contributed by atoms with Crippen molar-refractivity contribution in [3.05, 3.63) is 48.4 Å². The van der Waals surface area contributed by atoms with Gasteiger partial charge in [0.15, 0.2) is 0 Å². The summed E-state index contributed by atoms with van der Waals surface area (Å²) in [6.07, 6.45) is 10.4. The van der Waals surface area contributed by atoms with E-state index in [0.29, 0.717) is 6.54 Å². The zero-order valence-corrected chi connectivity index (χ0v) is 18.3. The van der Waals surface area contributed by atoms with Crippen LogP contribution in [-0.2, 0) is 11.3 Å². The molecule has 1 saturated heterocycles. The fourth-order valence-corrected chi connectivity index (χ4v) is 4.46. The van der Waals surface area contributed by atoms with Crippen LogP contribution in [0.25, 0.3) is 21.1 Å². The van der Waals surface area contributed by atoms with Crippen LogP contribution in [0.5, 0.6) is 0 Å². The van der Waals surface area contributed by atoms with E-state index in [1.54, 1.807) is 23.6 Å². The predicted octanol–water partition coefficient (Wildman–Crippen LogP) is 4.39. The molecule has 0 unspecified atom stereocenters. The molecule has 0 aliphatic carbocycles. The fraction of sp³-hybridized carbons (Fsp3) is 0.364. The van der Waals surface area contributed by atoms with Crippen molar-refractivity contribution in [2.75, 3.05) is 24.6 Å².